The zero-order chi connectivity index (χ0) is 23.3. The second-order valence-corrected chi connectivity index (χ2v) is 8.52. The van der Waals surface area contributed by atoms with E-state index in [1.165, 1.54) is 18.2 Å². The first-order valence-corrected chi connectivity index (χ1v) is 11.2. The highest BCUT2D eigenvalue weighted by Crippen LogP contribution is 2.44. The van der Waals surface area contributed by atoms with Crippen LogP contribution in [0.4, 0.5) is 18.0 Å². The number of alkyl carbamates (subject to hydrolysis) is 1. The van der Waals surface area contributed by atoms with Crippen molar-refractivity contribution in [3.8, 4) is 23.0 Å². The Morgan fingerprint density at radius 3 is 2.30 bits per heavy atom. The van der Waals surface area contributed by atoms with Crippen molar-refractivity contribution in [2.24, 2.45) is 0 Å². The predicted molar refractivity (Wildman–Crippen MR) is 123 cm³/mol. The number of thioether (sulfide) groups is 1. The number of nitrogens with one attached hydrogen (secondary N) is 1. The SMILES string of the molecule is O=C(NCCC#Cc1cccc(SC(F)(F)F)c1)OCC1c2ccccc2-c2ccccc21. The molecule has 1 N–H and O–H groups in total. The lowest BCUT2D eigenvalue weighted by atomic mass is 9.98. The molecule has 0 saturated carbocycles. The molecule has 0 spiro atoms. The topological polar surface area (TPSA) is 38.3 Å². The van der Waals surface area contributed by atoms with Gasteiger partial charge in [-0.2, -0.15) is 13.2 Å². The van der Waals surface area contributed by atoms with Crippen molar-refractivity contribution in [1.29, 1.82) is 0 Å². The van der Waals surface area contributed by atoms with Gasteiger partial charge in [-0.05, 0) is 52.2 Å². The molecule has 0 radical (unpaired) electrons. The maximum atomic E-state index is 12.5. The molecule has 1 aliphatic rings. The van der Waals surface area contributed by atoms with Crippen LogP contribution in [0.3, 0.4) is 0 Å². The summed E-state index contributed by atoms with van der Waals surface area (Å²) in [6, 6.07) is 22.2. The molecule has 3 aromatic rings. The Morgan fingerprint density at radius 1 is 0.970 bits per heavy atom. The first kappa shape index (κ1) is 22.8. The van der Waals surface area contributed by atoms with Crippen LogP contribution < -0.4 is 5.32 Å². The van der Waals surface area contributed by atoms with Crippen LogP contribution >= 0.6 is 11.8 Å². The molecular weight excluding hydrogens is 447 g/mol. The van der Waals surface area contributed by atoms with Gasteiger partial charge in [0.25, 0.3) is 0 Å². The zero-order valence-corrected chi connectivity index (χ0v) is 18.3. The summed E-state index contributed by atoms with van der Waals surface area (Å²) in [6.07, 6.45) is -0.178. The van der Waals surface area contributed by atoms with Gasteiger partial charge in [-0.1, -0.05) is 66.4 Å². The lowest BCUT2D eigenvalue weighted by molar-refractivity contribution is -0.0328. The first-order valence-electron chi connectivity index (χ1n) is 10.3. The normalized spacial score (nSPS) is 12.3. The standard InChI is InChI=1S/C26H20F3NO2S/c27-26(28,29)33-19-10-7-9-18(16-19)8-5-6-15-30-25(31)32-17-24-22-13-3-1-11-20(22)21-12-2-4-14-23(21)24/h1-4,7,9-14,16,24H,6,15,17H2,(H,30,31). The van der Waals surface area contributed by atoms with Crippen LogP contribution in [0.1, 0.15) is 29.0 Å². The van der Waals surface area contributed by atoms with E-state index in [1.807, 2.05) is 24.3 Å². The number of hydrogen-bond acceptors (Lipinski definition) is 3. The molecular formula is C26H20F3NO2S. The summed E-state index contributed by atoms with van der Waals surface area (Å²) in [5.41, 5.74) is 0.765. The Bertz CT molecular complexity index is 1170. The number of fused-ring (bicyclic) bond motifs is 3. The molecule has 33 heavy (non-hydrogen) atoms. The van der Waals surface area contributed by atoms with E-state index in [0.717, 1.165) is 22.3 Å². The van der Waals surface area contributed by atoms with Gasteiger partial charge in [0.1, 0.15) is 6.61 Å². The average Bonchev–Trinajstić information content (AvgIpc) is 3.10. The van der Waals surface area contributed by atoms with Crippen LogP contribution in [0.5, 0.6) is 0 Å². The quantitative estimate of drug-likeness (QED) is 0.262. The van der Waals surface area contributed by atoms with E-state index in [1.54, 1.807) is 6.07 Å². The highest BCUT2D eigenvalue weighted by molar-refractivity contribution is 8.00. The summed E-state index contributed by atoms with van der Waals surface area (Å²) in [7, 11) is 0. The van der Waals surface area contributed by atoms with E-state index in [0.29, 0.717) is 12.0 Å². The van der Waals surface area contributed by atoms with Crippen LogP contribution in [0, 0.1) is 11.8 Å². The molecule has 0 aliphatic heterocycles. The van der Waals surface area contributed by atoms with Gasteiger partial charge in [-0.3, -0.25) is 0 Å². The second-order valence-electron chi connectivity index (χ2n) is 7.38. The summed E-state index contributed by atoms with van der Waals surface area (Å²) in [5.74, 6) is 5.67. The Hall–Kier alpha value is -3.37. The molecule has 0 fully saturated rings. The fourth-order valence-corrected chi connectivity index (χ4v) is 4.41. The number of alkyl halides is 3. The Kier molecular flexibility index (Phi) is 6.95. The highest BCUT2D eigenvalue weighted by atomic mass is 32.2. The van der Waals surface area contributed by atoms with Gasteiger partial charge in [-0.25, -0.2) is 4.79 Å². The molecule has 0 unspecified atom stereocenters. The van der Waals surface area contributed by atoms with E-state index in [9.17, 15) is 18.0 Å². The molecule has 3 nitrogen and oxygen atoms in total. The summed E-state index contributed by atoms with van der Waals surface area (Å²) in [4.78, 5) is 12.2. The molecule has 0 atom stereocenters. The summed E-state index contributed by atoms with van der Waals surface area (Å²) in [5, 5.41) is 2.67. The molecule has 7 heteroatoms. The Labute approximate surface area is 194 Å². The lowest BCUT2D eigenvalue weighted by Crippen LogP contribution is -2.26. The predicted octanol–water partition coefficient (Wildman–Crippen LogP) is 6.58. The number of carbonyl (C=O) groups is 1. The van der Waals surface area contributed by atoms with Crippen molar-refractivity contribution in [3.63, 3.8) is 0 Å². The fraction of sp³-hybridized carbons (Fsp3) is 0.192. The number of rotatable bonds is 5. The van der Waals surface area contributed by atoms with Crippen LogP contribution in [-0.2, 0) is 4.74 Å². The van der Waals surface area contributed by atoms with Gasteiger partial charge < -0.3 is 10.1 Å². The van der Waals surface area contributed by atoms with Gasteiger partial charge in [0.2, 0.25) is 0 Å². The Morgan fingerprint density at radius 2 is 1.64 bits per heavy atom. The minimum atomic E-state index is -4.33. The fourth-order valence-electron chi connectivity index (χ4n) is 3.81. The highest BCUT2D eigenvalue weighted by Gasteiger charge is 2.29. The van der Waals surface area contributed by atoms with Crippen LogP contribution in [0.2, 0.25) is 0 Å². The maximum absolute atomic E-state index is 12.5. The van der Waals surface area contributed by atoms with E-state index in [4.69, 9.17) is 4.74 Å². The van der Waals surface area contributed by atoms with Gasteiger partial charge in [-0.15, -0.1) is 0 Å². The molecule has 168 valence electrons. The molecule has 4 rings (SSSR count). The summed E-state index contributed by atoms with van der Waals surface area (Å²) < 4.78 is 42.9. The molecule has 3 aromatic carbocycles. The molecule has 0 heterocycles. The van der Waals surface area contributed by atoms with Gasteiger partial charge in [0, 0.05) is 29.3 Å². The monoisotopic (exact) mass is 467 g/mol. The summed E-state index contributed by atoms with van der Waals surface area (Å²) >= 11 is -0.171. The number of ether oxygens (including phenoxy) is 1. The number of halogens is 3. The van der Waals surface area contributed by atoms with Crippen molar-refractivity contribution in [2.75, 3.05) is 13.2 Å². The number of benzene rings is 3. The van der Waals surface area contributed by atoms with Crippen molar-refractivity contribution >= 4 is 17.9 Å². The lowest BCUT2D eigenvalue weighted by Gasteiger charge is -2.14. The molecule has 0 aromatic heterocycles. The van der Waals surface area contributed by atoms with Gasteiger partial charge in [0.15, 0.2) is 0 Å². The number of carbonyl (C=O) groups excluding carboxylic acids is 1. The van der Waals surface area contributed by atoms with E-state index in [-0.39, 0.29) is 35.7 Å². The third-order valence-corrected chi connectivity index (χ3v) is 5.88. The van der Waals surface area contributed by atoms with E-state index < -0.39 is 11.6 Å². The molecule has 0 bridgehead atoms. The Balaban J connectivity index is 1.26. The minimum Gasteiger partial charge on any atom is -0.449 e. The van der Waals surface area contributed by atoms with Crippen molar-refractivity contribution < 1.29 is 22.7 Å². The van der Waals surface area contributed by atoms with Gasteiger partial charge >= 0.3 is 11.6 Å². The minimum absolute atomic E-state index is 0.00946. The second kappa shape index (κ2) is 10.1. The van der Waals surface area contributed by atoms with E-state index in [2.05, 4.69) is 41.4 Å². The third-order valence-electron chi connectivity index (χ3n) is 5.16. The van der Waals surface area contributed by atoms with Crippen molar-refractivity contribution in [1.82, 2.24) is 5.32 Å². The molecule has 1 aliphatic carbocycles. The van der Waals surface area contributed by atoms with Gasteiger partial charge in [0.05, 0.1) is 0 Å². The number of hydrogen-bond donors (Lipinski definition) is 1. The number of amides is 1. The molecule has 0 saturated heterocycles. The third kappa shape index (κ3) is 5.91. The average molecular weight is 468 g/mol. The van der Waals surface area contributed by atoms with Crippen LogP contribution in [-0.4, -0.2) is 24.8 Å². The zero-order valence-electron chi connectivity index (χ0n) is 17.5. The largest absolute Gasteiger partial charge is 0.449 e. The smallest absolute Gasteiger partial charge is 0.446 e. The first-order chi connectivity index (χ1) is 15.9. The summed E-state index contributed by atoms with van der Waals surface area (Å²) in [6.45, 7) is 0.510. The van der Waals surface area contributed by atoms with Crippen molar-refractivity contribution in [2.45, 2.75) is 22.7 Å². The van der Waals surface area contributed by atoms with Crippen LogP contribution in [0.15, 0.2) is 77.7 Å². The van der Waals surface area contributed by atoms with E-state index >= 15 is 0 Å². The maximum Gasteiger partial charge on any atom is 0.446 e. The van der Waals surface area contributed by atoms with Crippen LogP contribution in [0.25, 0.3) is 11.1 Å². The van der Waals surface area contributed by atoms with Crippen molar-refractivity contribution in [3.05, 3.63) is 89.5 Å². The molecule has 1 amide bonds.